The van der Waals surface area contributed by atoms with Crippen LogP contribution >= 0.6 is 0 Å². The van der Waals surface area contributed by atoms with Crippen LogP contribution in [0, 0.1) is 15.5 Å². The van der Waals surface area contributed by atoms with Crippen LogP contribution in [0.3, 0.4) is 0 Å². The summed E-state index contributed by atoms with van der Waals surface area (Å²) in [5.74, 6) is -0.431. The third-order valence-corrected chi connectivity index (χ3v) is 3.71. The maximum atomic E-state index is 11.3. The zero-order chi connectivity index (χ0) is 14.8. The minimum atomic E-state index is -0.768. The highest BCUT2D eigenvalue weighted by Gasteiger charge is 2.34. The van der Waals surface area contributed by atoms with Crippen molar-refractivity contribution in [3.63, 3.8) is 0 Å². The maximum Gasteiger partial charge on any atom is 0.211 e. The average Bonchev–Trinajstić information content (AvgIpc) is 2.44. The lowest BCUT2D eigenvalue weighted by Crippen LogP contribution is -2.29. The van der Waals surface area contributed by atoms with Crippen molar-refractivity contribution in [2.45, 2.75) is 19.8 Å². The molecule has 104 valence electrons. The van der Waals surface area contributed by atoms with Crippen LogP contribution in [0.1, 0.15) is 25.3 Å². The van der Waals surface area contributed by atoms with Crippen LogP contribution in [0.4, 0.5) is 0 Å². The molecule has 0 radical (unpaired) electrons. The molecule has 2 rings (SSSR count). The van der Waals surface area contributed by atoms with Crippen LogP contribution in [0.15, 0.2) is 42.5 Å². The Morgan fingerprint density at radius 1 is 1.20 bits per heavy atom. The number of carbonyl (C=O) groups is 1. The number of carbonyl (C=O) groups excluding carboxylic acids is 1. The summed E-state index contributed by atoms with van der Waals surface area (Å²) in [7, 11) is 0. The highest BCUT2D eigenvalue weighted by Crippen LogP contribution is 2.35. The molecule has 0 spiro atoms. The molecular weight excluding hydrogens is 254 g/mol. The van der Waals surface area contributed by atoms with E-state index in [4.69, 9.17) is 0 Å². The van der Waals surface area contributed by atoms with Crippen molar-refractivity contribution in [3.05, 3.63) is 58.1 Å². The molecule has 0 unspecified atom stereocenters. The number of fused-ring (bicyclic) bond motifs is 1. The number of hydrogen-bond donors (Lipinski definition) is 0. The van der Waals surface area contributed by atoms with Gasteiger partial charge < -0.3 is 4.79 Å². The van der Waals surface area contributed by atoms with E-state index >= 15 is 0 Å². The Morgan fingerprint density at radius 2 is 1.85 bits per heavy atom. The SMILES string of the molecule is CC(C)(C=O)[C@H](C[N+](=O)[O-])c1ccc2ccccc2c1. The van der Waals surface area contributed by atoms with Gasteiger partial charge in [0, 0.05) is 10.3 Å². The van der Waals surface area contributed by atoms with Gasteiger partial charge in [0.25, 0.3) is 0 Å². The van der Waals surface area contributed by atoms with E-state index in [9.17, 15) is 14.9 Å². The molecular formula is C16H17NO3. The Morgan fingerprint density at radius 3 is 2.45 bits per heavy atom. The van der Waals surface area contributed by atoms with Crippen molar-refractivity contribution in [2.75, 3.05) is 6.54 Å². The topological polar surface area (TPSA) is 60.2 Å². The molecule has 0 heterocycles. The minimum absolute atomic E-state index is 0.246. The standard InChI is InChI=1S/C16H17NO3/c1-16(2,11-18)15(10-17(19)20)14-8-7-12-5-3-4-6-13(12)9-14/h3-9,11,15H,10H2,1-2H3/t15-/m1/s1. The van der Waals surface area contributed by atoms with Gasteiger partial charge in [-0.25, -0.2) is 0 Å². The van der Waals surface area contributed by atoms with Crippen molar-refractivity contribution in [3.8, 4) is 0 Å². The Kier molecular flexibility index (Phi) is 3.84. The van der Waals surface area contributed by atoms with Gasteiger partial charge >= 0.3 is 0 Å². The molecule has 0 N–H and O–H groups in total. The molecule has 0 fully saturated rings. The second-order valence-corrected chi connectivity index (χ2v) is 5.61. The second-order valence-electron chi connectivity index (χ2n) is 5.61. The molecule has 0 aliphatic heterocycles. The van der Waals surface area contributed by atoms with Gasteiger partial charge in [-0.1, -0.05) is 56.3 Å². The third kappa shape index (κ3) is 2.85. The quantitative estimate of drug-likeness (QED) is 0.475. The monoisotopic (exact) mass is 271 g/mol. The molecule has 4 nitrogen and oxygen atoms in total. The fourth-order valence-corrected chi connectivity index (χ4v) is 2.43. The van der Waals surface area contributed by atoms with E-state index in [1.165, 1.54) is 0 Å². The molecule has 0 saturated heterocycles. The summed E-state index contributed by atoms with van der Waals surface area (Å²) in [4.78, 5) is 21.8. The molecule has 20 heavy (non-hydrogen) atoms. The van der Waals surface area contributed by atoms with Crippen LogP contribution in [0.2, 0.25) is 0 Å². The van der Waals surface area contributed by atoms with Crippen molar-refractivity contribution >= 4 is 17.1 Å². The first kappa shape index (κ1) is 14.2. The Hall–Kier alpha value is -2.23. The summed E-state index contributed by atoms with van der Waals surface area (Å²) >= 11 is 0. The summed E-state index contributed by atoms with van der Waals surface area (Å²) in [6, 6.07) is 13.6. The largest absolute Gasteiger partial charge is 0.303 e. The summed E-state index contributed by atoms with van der Waals surface area (Å²) in [5.41, 5.74) is 0.0627. The van der Waals surface area contributed by atoms with Crippen LogP contribution in [0.25, 0.3) is 10.8 Å². The molecule has 0 aromatic heterocycles. The molecule has 4 heteroatoms. The van der Waals surface area contributed by atoms with Crippen LogP contribution < -0.4 is 0 Å². The molecule has 0 amide bonds. The lowest BCUT2D eigenvalue weighted by Gasteiger charge is -2.26. The number of hydrogen-bond acceptors (Lipinski definition) is 3. The second kappa shape index (κ2) is 5.41. The third-order valence-electron chi connectivity index (χ3n) is 3.71. The highest BCUT2D eigenvalue weighted by molar-refractivity contribution is 5.83. The number of benzene rings is 2. The lowest BCUT2D eigenvalue weighted by atomic mass is 9.75. The summed E-state index contributed by atoms with van der Waals surface area (Å²) in [5, 5.41) is 13.0. The van der Waals surface area contributed by atoms with Crippen LogP contribution in [0.5, 0.6) is 0 Å². The van der Waals surface area contributed by atoms with Gasteiger partial charge in [0.15, 0.2) is 0 Å². The van der Waals surface area contributed by atoms with E-state index in [-0.39, 0.29) is 11.5 Å². The van der Waals surface area contributed by atoms with Gasteiger partial charge in [0.1, 0.15) is 6.29 Å². The molecule has 0 aliphatic rings. The zero-order valence-electron chi connectivity index (χ0n) is 11.6. The Bertz CT molecular complexity index is 649. The summed E-state index contributed by atoms with van der Waals surface area (Å²) < 4.78 is 0. The fraction of sp³-hybridized carbons (Fsp3) is 0.312. The Labute approximate surface area is 117 Å². The molecule has 0 bridgehead atoms. The molecule has 2 aromatic rings. The number of nitrogens with zero attached hydrogens (tertiary/aromatic N) is 1. The first-order valence-corrected chi connectivity index (χ1v) is 6.51. The van der Waals surface area contributed by atoms with E-state index in [0.717, 1.165) is 22.6 Å². The number of rotatable bonds is 5. The van der Waals surface area contributed by atoms with Crippen molar-refractivity contribution < 1.29 is 9.72 Å². The van der Waals surface area contributed by atoms with Gasteiger partial charge in [-0.05, 0) is 16.3 Å². The van der Waals surface area contributed by atoms with Gasteiger partial charge in [-0.15, -0.1) is 0 Å². The first-order valence-electron chi connectivity index (χ1n) is 6.51. The van der Waals surface area contributed by atoms with Gasteiger partial charge in [-0.3, -0.25) is 10.1 Å². The highest BCUT2D eigenvalue weighted by atomic mass is 16.6. The summed E-state index contributed by atoms with van der Waals surface area (Å²) in [6.07, 6.45) is 0.802. The van der Waals surface area contributed by atoms with Crippen LogP contribution in [-0.2, 0) is 4.79 Å². The van der Waals surface area contributed by atoms with Gasteiger partial charge in [-0.2, -0.15) is 0 Å². The maximum absolute atomic E-state index is 11.3. The van der Waals surface area contributed by atoms with E-state index in [2.05, 4.69) is 0 Å². The first-order chi connectivity index (χ1) is 9.44. The smallest absolute Gasteiger partial charge is 0.211 e. The van der Waals surface area contributed by atoms with Gasteiger partial charge in [0.2, 0.25) is 6.54 Å². The predicted molar refractivity (Wildman–Crippen MR) is 78.4 cm³/mol. The van der Waals surface area contributed by atoms with E-state index in [0.29, 0.717) is 0 Å². The van der Waals surface area contributed by atoms with E-state index in [1.807, 2.05) is 42.5 Å². The lowest BCUT2D eigenvalue weighted by molar-refractivity contribution is -0.485. The van der Waals surface area contributed by atoms with Gasteiger partial charge in [0.05, 0.1) is 5.92 Å². The van der Waals surface area contributed by atoms with Crippen LogP contribution in [-0.4, -0.2) is 17.8 Å². The number of aldehydes is 1. The van der Waals surface area contributed by atoms with Crippen molar-refractivity contribution in [2.24, 2.45) is 5.41 Å². The fourth-order valence-electron chi connectivity index (χ4n) is 2.43. The zero-order valence-corrected chi connectivity index (χ0v) is 11.6. The van der Waals surface area contributed by atoms with E-state index < -0.39 is 11.3 Å². The van der Waals surface area contributed by atoms with Crippen molar-refractivity contribution in [1.29, 1.82) is 0 Å². The number of nitro groups is 1. The Balaban J connectivity index is 2.50. The normalized spacial score (nSPS) is 13.1. The minimum Gasteiger partial charge on any atom is -0.303 e. The van der Waals surface area contributed by atoms with Crippen molar-refractivity contribution in [1.82, 2.24) is 0 Å². The molecule has 0 saturated carbocycles. The average molecular weight is 271 g/mol. The molecule has 1 atom stereocenters. The molecule has 2 aromatic carbocycles. The molecule has 0 aliphatic carbocycles. The predicted octanol–water partition coefficient (Wildman–Crippen LogP) is 3.43. The summed E-state index contributed by atoms with van der Waals surface area (Å²) in [6.45, 7) is 3.23. The van der Waals surface area contributed by atoms with E-state index in [1.54, 1.807) is 13.8 Å².